The number of rotatable bonds is 4. The monoisotopic (exact) mass is 514 g/mol. The first-order valence-corrected chi connectivity index (χ1v) is 12.1. The van der Waals surface area contributed by atoms with E-state index in [1.54, 1.807) is 11.2 Å². The number of hydrogen-bond acceptors (Lipinski definition) is 3. The van der Waals surface area contributed by atoms with Crippen LogP contribution in [-0.2, 0) is 17.4 Å². The first kappa shape index (κ1) is 22.6. The molecule has 5 rings (SSSR count). The van der Waals surface area contributed by atoms with Gasteiger partial charge in [-0.15, -0.1) is 0 Å². The third kappa shape index (κ3) is 3.67. The minimum atomic E-state index is -0.929. The molecule has 5 nitrogen and oxygen atoms in total. The lowest BCUT2D eigenvalue weighted by Crippen LogP contribution is -2.41. The lowest BCUT2D eigenvalue weighted by Gasteiger charge is -2.36. The number of aromatic nitrogens is 2. The van der Waals surface area contributed by atoms with Crippen LogP contribution in [0.3, 0.4) is 0 Å². The van der Waals surface area contributed by atoms with Crippen molar-refractivity contribution in [2.45, 2.75) is 24.8 Å². The Hall–Kier alpha value is -3.22. The van der Waals surface area contributed by atoms with Gasteiger partial charge in [-0.2, -0.15) is 0 Å². The van der Waals surface area contributed by atoms with Gasteiger partial charge in [0.25, 0.3) is 0 Å². The highest BCUT2D eigenvalue weighted by atomic mass is 79.9. The number of anilines is 1. The lowest BCUT2D eigenvalue weighted by atomic mass is 9.77. The number of benzene rings is 3. The summed E-state index contributed by atoms with van der Waals surface area (Å²) in [6, 6.07) is 22.8. The van der Waals surface area contributed by atoms with E-state index in [9.17, 15) is 4.79 Å². The molecule has 4 aromatic rings. The van der Waals surface area contributed by atoms with Gasteiger partial charge in [-0.1, -0.05) is 70.0 Å². The Bertz CT molecular complexity index is 1390. The second kappa shape index (κ2) is 8.53. The van der Waals surface area contributed by atoms with E-state index in [0.717, 1.165) is 38.1 Å². The van der Waals surface area contributed by atoms with Crippen molar-refractivity contribution in [2.75, 3.05) is 11.9 Å². The number of halogens is 1. The predicted octanol–water partition coefficient (Wildman–Crippen LogP) is 5.24. The Balaban J connectivity index is 1.75. The van der Waals surface area contributed by atoms with Gasteiger partial charge in [0, 0.05) is 36.6 Å². The summed E-state index contributed by atoms with van der Waals surface area (Å²) in [5.74, 6) is 0.0845. The second-order valence-electron chi connectivity index (χ2n) is 9.11. The number of carbonyl (C=O) groups excluding carboxylic acids is 1. The van der Waals surface area contributed by atoms with Crippen LogP contribution in [0.5, 0.6) is 0 Å². The molecule has 1 aromatic heterocycles. The number of carbonyl (C=O) groups is 1. The van der Waals surface area contributed by atoms with E-state index >= 15 is 0 Å². The highest BCUT2D eigenvalue weighted by Crippen LogP contribution is 2.43. The number of nitrogens with zero attached hydrogens (tertiary/aromatic N) is 3. The normalized spacial score (nSPS) is 17.4. The van der Waals surface area contributed by atoms with E-state index in [1.807, 2.05) is 55.2 Å². The molecule has 0 saturated carbocycles. The van der Waals surface area contributed by atoms with Crippen LogP contribution in [0.25, 0.3) is 0 Å². The molecule has 172 valence electrons. The van der Waals surface area contributed by atoms with Crippen molar-refractivity contribution in [1.29, 1.82) is 0 Å². The number of amides is 1. The van der Waals surface area contributed by atoms with Crippen LogP contribution in [0.15, 0.2) is 83.7 Å². The fourth-order valence-corrected chi connectivity index (χ4v) is 5.46. The quantitative estimate of drug-likeness (QED) is 0.405. The molecule has 34 heavy (non-hydrogen) atoms. The topological polar surface area (TPSA) is 64.2 Å². The SMILES string of the molecule is Cc1cccc(C2CC(=O)N(C)c3ccc(C(N)(c4cccc(Br)c4)c4cncn4C)cc32)c1. The zero-order valence-corrected chi connectivity index (χ0v) is 21.1. The van der Waals surface area contributed by atoms with Gasteiger partial charge in [0.05, 0.1) is 18.2 Å². The summed E-state index contributed by atoms with van der Waals surface area (Å²) in [5, 5.41) is 0. The molecule has 0 spiro atoms. The van der Waals surface area contributed by atoms with Gasteiger partial charge in [0.2, 0.25) is 5.91 Å². The highest BCUT2D eigenvalue weighted by molar-refractivity contribution is 9.10. The summed E-state index contributed by atoms with van der Waals surface area (Å²) in [6.07, 6.45) is 4.03. The summed E-state index contributed by atoms with van der Waals surface area (Å²) in [4.78, 5) is 19.0. The van der Waals surface area contributed by atoms with E-state index in [0.29, 0.717) is 6.42 Å². The van der Waals surface area contributed by atoms with E-state index < -0.39 is 5.54 Å². The fourth-order valence-electron chi connectivity index (χ4n) is 5.06. The first-order valence-electron chi connectivity index (χ1n) is 11.3. The molecule has 0 saturated heterocycles. The maximum atomic E-state index is 12.9. The summed E-state index contributed by atoms with van der Waals surface area (Å²) < 4.78 is 2.93. The Morgan fingerprint density at radius 1 is 1.03 bits per heavy atom. The molecule has 0 bridgehead atoms. The third-order valence-corrected chi connectivity index (χ3v) is 7.41. The second-order valence-corrected chi connectivity index (χ2v) is 10.0. The Morgan fingerprint density at radius 2 is 1.79 bits per heavy atom. The molecule has 2 N–H and O–H groups in total. The minimum Gasteiger partial charge on any atom is -0.336 e. The average Bonchev–Trinajstić information content (AvgIpc) is 3.27. The number of hydrogen-bond donors (Lipinski definition) is 1. The molecule has 2 heterocycles. The van der Waals surface area contributed by atoms with Crippen LogP contribution in [0, 0.1) is 6.92 Å². The zero-order valence-electron chi connectivity index (χ0n) is 19.5. The molecule has 2 unspecified atom stereocenters. The van der Waals surface area contributed by atoms with Gasteiger partial charge in [-0.25, -0.2) is 4.98 Å². The lowest BCUT2D eigenvalue weighted by molar-refractivity contribution is -0.118. The van der Waals surface area contributed by atoms with Crippen molar-refractivity contribution in [2.24, 2.45) is 12.8 Å². The van der Waals surface area contributed by atoms with Crippen molar-refractivity contribution < 1.29 is 4.79 Å². The number of nitrogens with two attached hydrogens (primary N) is 1. The van der Waals surface area contributed by atoms with E-state index in [2.05, 4.69) is 64.2 Å². The van der Waals surface area contributed by atoms with Gasteiger partial charge in [-0.05, 0) is 47.4 Å². The number of aryl methyl sites for hydroxylation is 2. The minimum absolute atomic E-state index is 0.0307. The maximum Gasteiger partial charge on any atom is 0.227 e. The largest absolute Gasteiger partial charge is 0.336 e. The molecule has 1 aliphatic rings. The van der Waals surface area contributed by atoms with Gasteiger partial charge < -0.3 is 15.2 Å². The molecule has 1 amide bonds. The first-order chi connectivity index (χ1) is 16.3. The molecule has 0 radical (unpaired) electrons. The number of imidazole rings is 1. The Kier molecular flexibility index (Phi) is 5.66. The maximum absolute atomic E-state index is 12.9. The molecule has 0 aliphatic carbocycles. The highest BCUT2D eigenvalue weighted by Gasteiger charge is 2.37. The van der Waals surface area contributed by atoms with Gasteiger partial charge in [-0.3, -0.25) is 4.79 Å². The Labute approximate surface area is 208 Å². The van der Waals surface area contributed by atoms with Crippen LogP contribution in [0.2, 0.25) is 0 Å². The molecular weight excluding hydrogens is 488 g/mol. The van der Waals surface area contributed by atoms with E-state index in [-0.39, 0.29) is 11.8 Å². The average molecular weight is 515 g/mol. The smallest absolute Gasteiger partial charge is 0.227 e. The number of fused-ring (bicyclic) bond motifs is 1. The molecule has 2 atom stereocenters. The summed E-state index contributed by atoms with van der Waals surface area (Å²) >= 11 is 3.61. The molecular formula is C28H27BrN4O. The van der Waals surface area contributed by atoms with E-state index in [1.165, 1.54) is 5.56 Å². The Morgan fingerprint density at radius 3 is 2.50 bits per heavy atom. The summed E-state index contributed by atoms with van der Waals surface area (Å²) in [7, 11) is 3.81. The van der Waals surface area contributed by atoms with Crippen molar-refractivity contribution >= 4 is 27.5 Å². The van der Waals surface area contributed by atoms with Crippen molar-refractivity contribution in [3.8, 4) is 0 Å². The zero-order chi connectivity index (χ0) is 24.0. The predicted molar refractivity (Wildman–Crippen MR) is 139 cm³/mol. The fraction of sp³-hybridized carbons (Fsp3) is 0.214. The van der Waals surface area contributed by atoms with Crippen LogP contribution >= 0.6 is 15.9 Å². The molecule has 0 fully saturated rings. The summed E-state index contributed by atoms with van der Waals surface area (Å²) in [5.41, 5.74) is 13.5. The van der Waals surface area contributed by atoms with Crippen LogP contribution in [0.1, 0.15) is 45.8 Å². The van der Waals surface area contributed by atoms with Crippen molar-refractivity contribution in [3.63, 3.8) is 0 Å². The molecule has 1 aliphatic heterocycles. The van der Waals surface area contributed by atoms with Gasteiger partial charge >= 0.3 is 0 Å². The van der Waals surface area contributed by atoms with Crippen LogP contribution < -0.4 is 10.6 Å². The van der Waals surface area contributed by atoms with Crippen LogP contribution in [0.4, 0.5) is 5.69 Å². The van der Waals surface area contributed by atoms with Crippen molar-refractivity contribution in [3.05, 3.63) is 117 Å². The summed E-state index contributed by atoms with van der Waals surface area (Å²) in [6.45, 7) is 2.08. The van der Waals surface area contributed by atoms with Crippen molar-refractivity contribution in [1.82, 2.24) is 9.55 Å². The standard InChI is InChI=1S/C28H27BrN4O/c1-18-6-4-7-19(12-18)23-15-27(34)33(3)25-11-10-21(14-24(23)25)28(30,26-16-31-17-32(26)2)20-8-5-9-22(29)13-20/h4-14,16-17,23H,15,30H2,1-3H3. The third-order valence-electron chi connectivity index (χ3n) is 6.92. The molecule has 6 heteroatoms. The van der Waals surface area contributed by atoms with Gasteiger partial charge in [0.15, 0.2) is 0 Å². The van der Waals surface area contributed by atoms with Gasteiger partial charge in [0.1, 0.15) is 5.54 Å². The van der Waals surface area contributed by atoms with E-state index in [4.69, 9.17) is 5.73 Å². The molecule has 3 aromatic carbocycles. The van der Waals surface area contributed by atoms with Crippen LogP contribution in [-0.4, -0.2) is 22.5 Å².